The van der Waals surface area contributed by atoms with Gasteiger partial charge >= 0.3 is 0 Å². The van der Waals surface area contributed by atoms with Gasteiger partial charge in [-0.3, -0.25) is 0 Å². The Balaban J connectivity index is 1.96. The summed E-state index contributed by atoms with van der Waals surface area (Å²) in [6.45, 7) is 8.73. The molecule has 0 heterocycles. The van der Waals surface area contributed by atoms with Crippen molar-refractivity contribution < 1.29 is 0 Å². The van der Waals surface area contributed by atoms with Gasteiger partial charge in [0, 0.05) is 21.6 Å². The van der Waals surface area contributed by atoms with Crippen LogP contribution in [-0.2, 0) is 0 Å². The number of thioether (sulfide) groups is 2. The number of rotatable bonds is 2. The third-order valence-corrected chi connectivity index (χ3v) is 7.17. The van der Waals surface area contributed by atoms with Crippen LogP contribution in [0, 0.1) is 22.3 Å². The van der Waals surface area contributed by atoms with Gasteiger partial charge < -0.3 is 0 Å². The van der Waals surface area contributed by atoms with Gasteiger partial charge in [-0.15, -0.1) is 0 Å². The van der Waals surface area contributed by atoms with Crippen molar-refractivity contribution >= 4 is 66.6 Å². The van der Waals surface area contributed by atoms with Crippen molar-refractivity contribution in [3.8, 4) is 22.3 Å². The minimum atomic E-state index is 0.463. The van der Waals surface area contributed by atoms with Crippen molar-refractivity contribution in [1.82, 2.24) is 0 Å². The van der Waals surface area contributed by atoms with E-state index in [4.69, 9.17) is 0 Å². The van der Waals surface area contributed by atoms with Gasteiger partial charge in [0.2, 0.25) is 0 Å². The summed E-state index contributed by atoms with van der Waals surface area (Å²) in [6, 6.07) is 26.3. The molecule has 0 nitrogen and oxygen atoms in total. The van der Waals surface area contributed by atoms with Crippen LogP contribution >= 0.6 is 23.5 Å². The molecule has 5 rings (SSSR count). The minimum absolute atomic E-state index is 0.463. The van der Waals surface area contributed by atoms with Crippen molar-refractivity contribution in [2.24, 2.45) is 0 Å². The predicted octanol–water partition coefficient (Wildman–Crippen LogP) is 9.20. The standard InChI is InChI=1S/C32H26S2/c1-21(2)33-15-13-27-29-17-23-9-5-7-11-25(23)19-31(29)28(14-16-34-22(3)4)32-20-26-12-8-6-10-24(26)18-30(27)32/h5-12,17-22H,1-4H3. The largest absolute Gasteiger partial charge is 0.0719 e. The summed E-state index contributed by atoms with van der Waals surface area (Å²) in [7, 11) is 0. The van der Waals surface area contributed by atoms with Gasteiger partial charge in [0.05, 0.1) is 0 Å². The molecule has 0 unspecified atom stereocenters. The summed E-state index contributed by atoms with van der Waals surface area (Å²) in [5, 5.41) is 17.3. The van der Waals surface area contributed by atoms with Crippen LogP contribution < -0.4 is 0 Å². The zero-order valence-corrected chi connectivity index (χ0v) is 21.5. The van der Waals surface area contributed by atoms with E-state index in [-0.39, 0.29) is 0 Å². The Kier molecular flexibility index (Phi) is 6.47. The number of hydrogen-bond donors (Lipinski definition) is 0. The lowest BCUT2D eigenvalue weighted by atomic mass is 9.89. The fourth-order valence-corrected chi connectivity index (χ4v) is 5.06. The van der Waals surface area contributed by atoms with Gasteiger partial charge in [-0.2, -0.15) is 0 Å². The molecule has 0 bridgehead atoms. The highest BCUT2D eigenvalue weighted by Gasteiger charge is 2.14. The highest BCUT2D eigenvalue weighted by molar-refractivity contribution is 8.04. The zero-order chi connectivity index (χ0) is 23.7. The van der Waals surface area contributed by atoms with Gasteiger partial charge in [0.1, 0.15) is 0 Å². The highest BCUT2D eigenvalue weighted by atomic mass is 32.2. The molecule has 166 valence electrons. The normalized spacial score (nSPS) is 11.2. The lowest BCUT2D eigenvalue weighted by molar-refractivity contribution is 1.12. The van der Waals surface area contributed by atoms with Crippen LogP contribution in [0.4, 0.5) is 0 Å². The maximum atomic E-state index is 3.55. The van der Waals surface area contributed by atoms with E-state index >= 15 is 0 Å². The minimum Gasteiger partial charge on any atom is -0.0719 e. The van der Waals surface area contributed by atoms with Crippen molar-refractivity contribution in [1.29, 1.82) is 0 Å². The van der Waals surface area contributed by atoms with E-state index in [9.17, 15) is 0 Å². The summed E-state index contributed by atoms with van der Waals surface area (Å²) >= 11 is 3.36. The Hall–Kier alpha value is -3.04. The maximum absolute atomic E-state index is 3.55. The van der Waals surface area contributed by atoms with Crippen LogP contribution in [0.3, 0.4) is 0 Å². The van der Waals surface area contributed by atoms with E-state index in [0.29, 0.717) is 10.5 Å². The summed E-state index contributed by atoms with van der Waals surface area (Å²) in [4.78, 5) is 0. The number of fused-ring (bicyclic) bond motifs is 4. The molecule has 34 heavy (non-hydrogen) atoms. The Labute approximate surface area is 210 Å². The number of benzene rings is 5. The van der Waals surface area contributed by atoms with Crippen molar-refractivity contribution in [2.45, 2.75) is 38.2 Å². The quantitative estimate of drug-likeness (QED) is 0.185. The molecule has 0 amide bonds. The van der Waals surface area contributed by atoms with Crippen molar-refractivity contribution in [3.05, 3.63) is 83.9 Å². The van der Waals surface area contributed by atoms with Gasteiger partial charge in [0.15, 0.2) is 0 Å². The fourth-order valence-electron chi connectivity index (χ4n) is 4.26. The maximum Gasteiger partial charge on any atom is 0.0412 e. The molecule has 5 aromatic carbocycles. The first-order chi connectivity index (χ1) is 16.5. The Morgan fingerprint density at radius 1 is 0.500 bits per heavy atom. The lowest BCUT2D eigenvalue weighted by Crippen LogP contribution is -1.92. The molecule has 0 aliphatic heterocycles. The van der Waals surface area contributed by atoms with Gasteiger partial charge in [-0.1, -0.05) is 112 Å². The van der Waals surface area contributed by atoms with Crippen LogP contribution in [0.1, 0.15) is 38.8 Å². The van der Waals surface area contributed by atoms with Crippen molar-refractivity contribution in [2.75, 3.05) is 0 Å². The first kappa shape index (κ1) is 22.7. The van der Waals surface area contributed by atoms with Crippen LogP contribution in [-0.4, -0.2) is 10.5 Å². The molecule has 0 N–H and O–H groups in total. The molecule has 2 heteroatoms. The van der Waals surface area contributed by atoms with Gasteiger partial charge in [0.25, 0.3) is 0 Å². The smallest absolute Gasteiger partial charge is 0.0412 e. The highest BCUT2D eigenvalue weighted by Crippen LogP contribution is 2.37. The average molecular weight is 475 g/mol. The van der Waals surface area contributed by atoms with E-state index in [2.05, 4.69) is 123 Å². The monoisotopic (exact) mass is 474 g/mol. The summed E-state index contributed by atoms with van der Waals surface area (Å²) in [5.74, 6) is 7.11. The van der Waals surface area contributed by atoms with Crippen molar-refractivity contribution in [3.63, 3.8) is 0 Å². The van der Waals surface area contributed by atoms with E-state index in [0.717, 1.165) is 11.1 Å². The SMILES string of the molecule is CC(C)SC#Cc1c2cc3ccccc3cc2c(C#CSC(C)C)c2cc3ccccc3cc12. The van der Waals surface area contributed by atoms with Crippen LogP contribution in [0.5, 0.6) is 0 Å². The van der Waals surface area contributed by atoms with E-state index < -0.39 is 0 Å². The fraction of sp³-hybridized carbons (Fsp3) is 0.188. The second-order valence-electron chi connectivity index (χ2n) is 9.03. The molecular formula is C32H26S2. The molecule has 0 fully saturated rings. The second-order valence-corrected chi connectivity index (χ2v) is 11.8. The molecule has 0 saturated carbocycles. The summed E-state index contributed by atoms with van der Waals surface area (Å²) in [5.41, 5.74) is 2.19. The summed E-state index contributed by atoms with van der Waals surface area (Å²) < 4.78 is 0. The molecular weight excluding hydrogens is 448 g/mol. The Bertz CT molecular complexity index is 1450. The molecule has 0 aliphatic carbocycles. The summed E-state index contributed by atoms with van der Waals surface area (Å²) in [6.07, 6.45) is 0. The molecule has 0 atom stereocenters. The van der Waals surface area contributed by atoms with Crippen LogP contribution in [0.15, 0.2) is 72.8 Å². The number of hydrogen-bond acceptors (Lipinski definition) is 2. The first-order valence-electron chi connectivity index (χ1n) is 11.7. The van der Waals surface area contributed by atoms with E-state index in [1.165, 1.54) is 43.1 Å². The van der Waals surface area contributed by atoms with Gasteiger partial charge in [-0.25, -0.2) is 0 Å². The molecule has 0 aliphatic rings. The third kappa shape index (κ3) is 4.50. The molecule has 0 aromatic heterocycles. The van der Waals surface area contributed by atoms with Gasteiger partial charge in [-0.05, 0) is 77.9 Å². The second kappa shape index (κ2) is 9.68. The molecule has 0 spiro atoms. The van der Waals surface area contributed by atoms with Crippen LogP contribution in [0.2, 0.25) is 0 Å². The Morgan fingerprint density at radius 3 is 1.06 bits per heavy atom. The predicted molar refractivity (Wildman–Crippen MR) is 156 cm³/mol. The topological polar surface area (TPSA) is 0 Å². The van der Waals surface area contributed by atoms with Crippen LogP contribution in [0.25, 0.3) is 43.1 Å². The van der Waals surface area contributed by atoms with E-state index in [1.807, 2.05) is 0 Å². The molecule has 0 radical (unpaired) electrons. The lowest BCUT2D eigenvalue weighted by Gasteiger charge is -2.14. The zero-order valence-electron chi connectivity index (χ0n) is 19.9. The van der Waals surface area contributed by atoms with E-state index in [1.54, 1.807) is 23.5 Å². The average Bonchev–Trinajstić information content (AvgIpc) is 2.82. The molecule has 0 saturated heterocycles. The molecule has 5 aromatic rings. The first-order valence-corrected chi connectivity index (χ1v) is 13.4. The Morgan fingerprint density at radius 2 is 0.794 bits per heavy atom. The third-order valence-electron chi connectivity index (χ3n) is 5.79.